The zero-order valence-electron chi connectivity index (χ0n) is 9.24. The molecule has 0 aliphatic heterocycles. The highest BCUT2D eigenvalue weighted by Gasteiger charge is 2.06. The van der Waals surface area contributed by atoms with Crippen molar-refractivity contribution in [3.05, 3.63) is 0 Å². The molecule has 0 aliphatic rings. The van der Waals surface area contributed by atoms with Crippen LogP contribution in [0.25, 0.3) is 0 Å². The van der Waals surface area contributed by atoms with Gasteiger partial charge in [-0.1, -0.05) is 0 Å². The molecular formula is C7H17Cl2NO4P+. The topological polar surface area (TPSA) is 63.6 Å². The summed E-state index contributed by atoms with van der Waals surface area (Å²) in [4.78, 5) is 17.9. The van der Waals surface area contributed by atoms with E-state index in [1.807, 2.05) is 0 Å². The molecule has 15 heavy (non-hydrogen) atoms. The molecule has 1 N–H and O–H groups in total. The molecule has 5 nitrogen and oxygen atoms in total. The molecule has 0 aromatic heterocycles. The number of quaternary nitrogens is 1. The summed E-state index contributed by atoms with van der Waals surface area (Å²) >= 11 is 8.81. The Morgan fingerprint density at radius 3 is 1.93 bits per heavy atom. The summed E-state index contributed by atoms with van der Waals surface area (Å²) < 4.78 is 14.9. The van der Waals surface area contributed by atoms with Crippen molar-refractivity contribution in [3.63, 3.8) is 0 Å². The second-order valence-corrected chi connectivity index (χ2v) is 7.93. The number of rotatable bonds is 3. The molecule has 0 unspecified atom stereocenters. The Hall–Kier alpha value is 0.200. The molecule has 0 fully saturated rings. The van der Waals surface area contributed by atoms with E-state index in [1.54, 1.807) is 0 Å². The van der Waals surface area contributed by atoms with Gasteiger partial charge < -0.3 is 14.1 Å². The number of carbonyl (C=O) groups is 1. The lowest BCUT2D eigenvalue weighted by molar-refractivity contribution is -0.870. The Kier molecular flexibility index (Phi) is 8.76. The van der Waals surface area contributed by atoms with E-state index in [4.69, 9.17) is 9.63 Å². The van der Waals surface area contributed by atoms with Crippen molar-refractivity contribution in [1.29, 1.82) is 0 Å². The number of hydrogen-bond donors (Lipinski definition) is 1. The molecule has 92 valence electrons. The van der Waals surface area contributed by atoms with Gasteiger partial charge in [0.05, 0.1) is 21.1 Å². The molecule has 0 radical (unpaired) electrons. The van der Waals surface area contributed by atoms with Gasteiger partial charge in [0.1, 0.15) is 13.2 Å². The molecule has 8 heteroatoms. The van der Waals surface area contributed by atoms with Gasteiger partial charge in [-0.05, 0) is 22.5 Å². The minimum Gasteiger partial charge on any atom is -0.460 e. The van der Waals surface area contributed by atoms with Gasteiger partial charge in [-0.15, -0.1) is 0 Å². The van der Waals surface area contributed by atoms with Crippen LogP contribution in [0.4, 0.5) is 0 Å². The van der Waals surface area contributed by atoms with E-state index in [0.29, 0.717) is 6.61 Å². The van der Waals surface area contributed by atoms with Gasteiger partial charge in [0.2, 0.25) is 0 Å². The third-order valence-corrected chi connectivity index (χ3v) is 1.07. The molecule has 0 atom stereocenters. The lowest BCUT2D eigenvalue weighted by Gasteiger charge is -2.23. The minimum atomic E-state index is -3.69. The molecule has 0 rings (SSSR count). The molecule has 0 saturated carbocycles. The third-order valence-electron chi connectivity index (χ3n) is 1.07. The van der Waals surface area contributed by atoms with Crippen LogP contribution >= 0.6 is 28.6 Å². The third kappa shape index (κ3) is 40.8. The van der Waals surface area contributed by atoms with E-state index in [2.05, 4.69) is 43.6 Å². The van der Waals surface area contributed by atoms with Crippen molar-refractivity contribution in [2.45, 2.75) is 6.92 Å². The van der Waals surface area contributed by atoms with Gasteiger partial charge in [-0.2, -0.15) is 0 Å². The average molecular weight is 281 g/mol. The smallest absolute Gasteiger partial charge is 0.377 e. The van der Waals surface area contributed by atoms with Crippen LogP contribution in [0.15, 0.2) is 0 Å². The highest BCUT2D eigenvalue weighted by molar-refractivity contribution is 8.04. The molecule has 0 aliphatic carbocycles. The van der Waals surface area contributed by atoms with E-state index in [1.165, 1.54) is 6.92 Å². The number of nitrogens with zero attached hydrogens (tertiary/aromatic N) is 1. The number of hydrogen-bond acceptors (Lipinski definition) is 3. The quantitative estimate of drug-likeness (QED) is 0.487. The number of carbonyl (C=O) groups excluding carboxylic acids is 1. The second-order valence-electron chi connectivity index (χ2n) is 3.79. The predicted molar refractivity (Wildman–Crippen MR) is 61.1 cm³/mol. The summed E-state index contributed by atoms with van der Waals surface area (Å²) in [6.07, 6.45) is -3.69. The molecule has 0 aromatic rings. The Bertz CT molecular complexity index is 227. The largest absolute Gasteiger partial charge is 0.460 e. The number of esters is 1. The lowest BCUT2D eigenvalue weighted by Crippen LogP contribution is -2.37. The van der Waals surface area contributed by atoms with Gasteiger partial charge in [0, 0.05) is 6.92 Å². The van der Waals surface area contributed by atoms with Crippen LogP contribution in [-0.2, 0) is 14.1 Å². The SMILES string of the molecule is CC(=O)OCC[N+](C)(C)C.O=P(O)(Cl)Cl. The predicted octanol–water partition coefficient (Wildman–Crippen LogP) is 1.82. The Labute approximate surface area is 99.5 Å². The summed E-state index contributed by atoms with van der Waals surface area (Å²) in [5, 5.41) is 0. The number of ether oxygens (including phenoxy) is 1. The van der Waals surface area contributed by atoms with E-state index in [9.17, 15) is 9.36 Å². The van der Waals surface area contributed by atoms with Crippen molar-refractivity contribution >= 4 is 34.5 Å². The van der Waals surface area contributed by atoms with Crippen LogP contribution in [0.2, 0.25) is 0 Å². The van der Waals surface area contributed by atoms with Crippen molar-refractivity contribution in [3.8, 4) is 0 Å². The molecule has 0 bridgehead atoms. The lowest BCUT2D eigenvalue weighted by atomic mass is 10.5. The van der Waals surface area contributed by atoms with Crippen molar-refractivity contribution in [2.75, 3.05) is 34.3 Å². The van der Waals surface area contributed by atoms with E-state index >= 15 is 0 Å². The summed E-state index contributed by atoms with van der Waals surface area (Å²) in [7, 11) is 6.18. The molecule has 0 aromatic carbocycles. The highest BCUT2D eigenvalue weighted by Crippen LogP contribution is 2.51. The monoisotopic (exact) mass is 280 g/mol. The molecule has 0 saturated heterocycles. The van der Waals surface area contributed by atoms with Crippen LogP contribution in [0.5, 0.6) is 0 Å². The standard InChI is InChI=1S/C7H16NO2.Cl2HO2P/c1-7(9)10-6-5-8(2,3)4;1-5(2,3)4/h5-6H2,1-4H3;(H,3,4)/q+1;. The first-order valence-electron chi connectivity index (χ1n) is 4.08. The zero-order chi connectivity index (χ0) is 12.7. The maximum absolute atomic E-state index is 10.3. The normalized spacial score (nSPS) is 11.4. The average Bonchev–Trinajstić information content (AvgIpc) is 1.77. The first-order chi connectivity index (χ1) is 6.42. The maximum atomic E-state index is 10.3. The summed E-state index contributed by atoms with van der Waals surface area (Å²) in [6.45, 7) is 2.80. The fourth-order valence-corrected chi connectivity index (χ4v) is 0.463. The van der Waals surface area contributed by atoms with Gasteiger partial charge in [-0.3, -0.25) is 9.36 Å². The van der Waals surface area contributed by atoms with Crippen molar-refractivity contribution in [1.82, 2.24) is 0 Å². The first-order valence-corrected chi connectivity index (χ1v) is 7.55. The number of likely N-dealkylation sites (N-methyl/N-ethyl adjacent to an activating group) is 1. The fourth-order valence-electron chi connectivity index (χ4n) is 0.463. The molecule has 0 heterocycles. The van der Waals surface area contributed by atoms with Crippen LogP contribution in [-0.4, -0.2) is 49.6 Å². The fraction of sp³-hybridized carbons (Fsp3) is 0.857. The van der Waals surface area contributed by atoms with E-state index in [-0.39, 0.29) is 5.97 Å². The first kappa shape index (κ1) is 17.6. The summed E-state index contributed by atoms with van der Waals surface area (Å²) in [5.41, 5.74) is 0. The van der Waals surface area contributed by atoms with Crippen molar-refractivity contribution in [2.24, 2.45) is 0 Å². The number of halogens is 2. The summed E-state index contributed by atoms with van der Waals surface area (Å²) in [6, 6.07) is 0. The molecular weight excluding hydrogens is 264 g/mol. The molecule has 0 amide bonds. The van der Waals surface area contributed by atoms with Crippen LogP contribution in [0.3, 0.4) is 0 Å². The Balaban J connectivity index is 0. The highest BCUT2D eigenvalue weighted by atomic mass is 35.9. The van der Waals surface area contributed by atoms with Crippen LogP contribution in [0.1, 0.15) is 6.92 Å². The Morgan fingerprint density at radius 2 is 1.73 bits per heavy atom. The maximum Gasteiger partial charge on any atom is 0.377 e. The minimum absolute atomic E-state index is 0.201. The summed E-state index contributed by atoms with van der Waals surface area (Å²) in [5.74, 6) is -0.201. The molecule has 0 spiro atoms. The zero-order valence-corrected chi connectivity index (χ0v) is 11.6. The Morgan fingerprint density at radius 1 is 1.40 bits per heavy atom. The second kappa shape index (κ2) is 7.47. The van der Waals surface area contributed by atoms with E-state index < -0.39 is 6.07 Å². The van der Waals surface area contributed by atoms with Gasteiger partial charge in [0.15, 0.2) is 0 Å². The van der Waals surface area contributed by atoms with Crippen molar-refractivity contribution < 1.29 is 23.5 Å². The van der Waals surface area contributed by atoms with E-state index in [0.717, 1.165) is 11.0 Å². The van der Waals surface area contributed by atoms with Gasteiger partial charge >= 0.3 is 12.0 Å². The van der Waals surface area contributed by atoms with Crippen LogP contribution in [0, 0.1) is 0 Å². The van der Waals surface area contributed by atoms with Crippen LogP contribution < -0.4 is 0 Å². The van der Waals surface area contributed by atoms with Gasteiger partial charge in [0.25, 0.3) is 0 Å². The van der Waals surface area contributed by atoms with Gasteiger partial charge in [-0.25, -0.2) is 0 Å².